The number of hydrogen-bond donors (Lipinski definition) is 2. The second-order valence-corrected chi connectivity index (χ2v) is 8.48. The predicted octanol–water partition coefficient (Wildman–Crippen LogP) is 4.05. The van der Waals surface area contributed by atoms with Crippen molar-refractivity contribution < 1.29 is 4.79 Å². The Hall–Kier alpha value is -2.71. The van der Waals surface area contributed by atoms with Gasteiger partial charge in [0.1, 0.15) is 5.82 Å². The first-order valence-corrected chi connectivity index (χ1v) is 10.5. The smallest absolute Gasteiger partial charge is 0.253 e. The summed E-state index contributed by atoms with van der Waals surface area (Å²) in [5, 5.41) is -0.0766. The zero-order chi connectivity index (χ0) is 19.7. The number of nitrogen functional groups attached to an aromatic ring is 1. The number of benzene rings is 2. The van der Waals surface area contributed by atoms with Crippen molar-refractivity contribution in [3.8, 4) is 0 Å². The van der Waals surface area contributed by atoms with Crippen LogP contribution >= 0.6 is 23.5 Å². The van der Waals surface area contributed by atoms with E-state index in [1.54, 1.807) is 16.7 Å². The minimum absolute atomic E-state index is 0.0576. The van der Waals surface area contributed by atoms with Gasteiger partial charge in [-0.15, -0.1) is 0 Å². The van der Waals surface area contributed by atoms with Crippen molar-refractivity contribution in [2.24, 2.45) is 0 Å². The van der Waals surface area contributed by atoms with E-state index in [4.69, 9.17) is 5.73 Å². The van der Waals surface area contributed by atoms with Crippen molar-refractivity contribution in [2.75, 3.05) is 10.6 Å². The van der Waals surface area contributed by atoms with Gasteiger partial charge in [-0.2, -0.15) is 0 Å². The number of aromatic amines is 1. The van der Waals surface area contributed by atoms with Crippen molar-refractivity contribution >= 4 is 46.6 Å². The maximum Gasteiger partial charge on any atom is 0.253 e. The van der Waals surface area contributed by atoms with E-state index in [2.05, 4.69) is 9.97 Å². The van der Waals surface area contributed by atoms with Gasteiger partial charge in [0.2, 0.25) is 5.91 Å². The summed E-state index contributed by atoms with van der Waals surface area (Å²) in [6, 6.07) is 17.0. The third-order valence-electron chi connectivity index (χ3n) is 4.29. The van der Waals surface area contributed by atoms with E-state index in [0.717, 1.165) is 21.2 Å². The Balaban J connectivity index is 1.73. The monoisotopic (exact) mass is 410 g/mol. The molecule has 0 fully saturated rings. The zero-order valence-corrected chi connectivity index (χ0v) is 16.7. The van der Waals surface area contributed by atoms with Crippen LogP contribution in [0.2, 0.25) is 0 Å². The van der Waals surface area contributed by atoms with Crippen LogP contribution in [0.5, 0.6) is 0 Å². The van der Waals surface area contributed by atoms with E-state index in [9.17, 15) is 9.59 Å². The molecule has 1 amide bonds. The van der Waals surface area contributed by atoms with Gasteiger partial charge in [0.15, 0.2) is 5.16 Å². The van der Waals surface area contributed by atoms with Crippen molar-refractivity contribution in [1.29, 1.82) is 0 Å². The number of rotatable bonds is 4. The molecule has 2 aromatic carbocycles. The maximum atomic E-state index is 13.6. The van der Waals surface area contributed by atoms with Gasteiger partial charge in [-0.25, -0.2) is 4.98 Å². The Morgan fingerprint density at radius 3 is 2.36 bits per heavy atom. The van der Waals surface area contributed by atoms with Gasteiger partial charge < -0.3 is 10.7 Å². The number of nitrogens with two attached hydrogens (primary N) is 1. The highest BCUT2D eigenvalue weighted by Crippen LogP contribution is 2.48. The Bertz CT molecular complexity index is 1050. The molecular weight excluding hydrogens is 392 g/mol. The predicted molar refractivity (Wildman–Crippen MR) is 113 cm³/mol. The molecule has 0 unspecified atom stereocenters. The summed E-state index contributed by atoms with van der Waals surface area (Å²) >= 11 is 2.88. The van der Waals surface area contributed by atoms with Crippen LogP contribution in [0.1, 0.15) is 13.3 Å². The average molecular weight is 411 g/mol. The number of carbonyl (C=O) groups excluding carboxylic acids is 1. The van der Waals surface area contributed by atoms with E-state index >= 15 is 0 Å². The van der Waals surface area contributed by atoms with Crippen LogP contribution in [-0.4, -0.2) is 21.1 Å². The van der Waals surface area contributed by atoms with E-state index in [-0.39, 0.29) is 17.3 Å². The van der Waals surface area contributed by atoms with Gasteiger partial charge in [0.25, 0.3) is 5.56 Å². The van der Waals surface area contributed by atoms with Crippen LogP contribution in [0.4, 0.5) is 17.2 Å². The third kappa shape index (κ3) is 3.53. The number of hydrogen-bond acceptors (Lipinski definition) is 6. The standard InChI is InChI=1S/C20H18N4O2S2/c1-2-14(28-20-22-17(21)11-18(25)23-20)19(26)24-12-7-3-5-9-15(12)27-16-10-6-4-8-13(16)24/h3-11,14H,2H2,1H3,(H3,21,22,23,25)/t14-/m1/s1. The molecule has 1 atom stereocenters. The highest BCUT2D eigenvalue weighted by Gasteiger charge is 2.32. The average Bonchev–Trinajstić information content (AvgIpc) is 2.69. The molecule has 0 spiro atoms. The molecule has 4 rings (SSSR count). The molecule has 1 aromatic heterocycles. The summed E-state index contributed by atoms with van der Waals surface area (Å²) in [6.45, 7) is 1.94. The number of fused-ring (bicyclic) bond motifs is 2. The molecule has 6 nitrogen and oxygen atoms in total. The quantitative estimate of drug-likeness (QED) is 0.498. The SMILES string of the molecule is CC[C@@H](Sc1nc(N)cc(=O)[nH]1)C(=O)N1c2ccccc2Sc2ccccc21. The molecule has 2 heterocycles. The number of para-hydroxylation sites is 2. The largest absolute Gasteiger partial charge is 0.383 e. The molecule has 3 N–H and O–H groups in total. The molecule has 0 radical (unpaired) electrons. The first kappa shape index (κ1) is 18.6. The molecule has 0 saturated carbocycles. The number of thioether (sulfide) groups is 1. The lowest BCUT2D eigenvalue weighted by atomic mass is 10.2. The number of nitrogens with one attached hydrogen (secondary N) is 1. The lowest BCUT2D eigenvalue weighted by molar-refractivity contribution is -0.117. The van der Waals surface area contributed by atoms with Crippen LogP contribution in [0.25, 0.3) is 0 Å². The molecule has 142 valence electrons. The highest BCUT2D eigenvalue weighted by atomic mass is 32.2. The first-order chi connectivity index (χ1) is 13.6. The van der Waals surface area contributed by atoms with Gasteiger partial charge >= 0.3 is 0 Å². The summed E-state index contributed by atoms with van der Waals surface area (Å²) < 4.78 is 0. The lowest BCUT2D eigenvalue weighted by Crippen LogP contribution is -2.35. The Morgan fingerprint density at radius 1 is 1.18 bits per heavy atom. The number of H-pyrrole nitrogens is 1. The molecule has 0 saturated heterocycles. The fraction of sp³-hybridized carbons (Fsp3) is 0.150. The number of anilines is 3. The van der Waals surface area contributed by atoms with Gasteiger partial charge in [-0.1, -0.05) is 54.7 Å². The van der Waals surface area contributed by atoms with Crippen molar-refractivity contribution in [1.82, 2.24) is 9.97 Å². The number of nitrogens with zero attached hydrogens (tertiary/aromatic N) is 2. The van der Waals surface area contributed by atoms with E-state index in [1.807, 2.05) is 55.5 Å². The summed E-state index contributed by atoms with van der Waals surface area (Å²) in [5.41, 5.74) is 7.08. The third-order valence-corrected chi connectivity index (χ3v) is 6.66. The summed E-state index contributed by atoms with van der Waals surface area (Å²) in [7, 11) is 0. The van der Waals surface area contributed by atoms with E-state index < -0.39 is 5.25 Å². The molecule has 1 aliphatic heterocycles. The van der Waals surface area contributed by atoms with Crippen LogP contribution in [-0.2, 0) is 4.79 Å². The number of carbonyl (C=O) groups is 1. The van der Waals surface area contributed by atoms with Crippen LogP contribution in [0.15, 0.2) is 74.3 Å². The number of aromatic nitrogens is 2. The Labute approximate surface area is 170 Å². The fourth-order valence-electron chi connectivity index (χ4n) is 3.04. The second-order valence-electron chi connectivity index (χ2n) is 6.20. The second kappa shape index (κ2) is 7.73. The fourth-order valence-corrected chi connectivity index (χ4v) is 5.06. The molecular formula is C20H18N4O2S2. The van der Waals surface area contributed by atoms with Gasteiger partial charge in [-0.05, 0) is 30.7 Å². The molecule has 0 aliphatic carbocycles. The summed E-state index contributed by atoms with van der Waals surface area (Å²) in [6.07, 6.45) is 0.579. The zero-order valence-electron chi connectivity index (χ0n) is 15.1. The first-order valence-electron chi connectivity index (χ1n) is 8.80. The molecule has 1 aliphatic rings. The van der Waals surface area contributed by atoms with Crippen LogP contribution < -0.4 is 16.2 Å². The van der Waals surface area contributed by atoms with Crippen molar-refractivity contribution in [3.05, 3.63) is 65.0 Å². The highest BCUT2D eigenvalue weighted by molar-refractivity contribution is 8.00. The van der Waals surface area contributed by atoms with Gasteiger partial charge in [0.05, 0.1) is 16.6 Å². The Kier molecular flexibility index (Phi) is 5.15. The van der Waals surface area contributed by atoms with Crippen LogP contribution in [0.3, 0.4) is 0 Å². The van der Waals surface area contributed by atoms with Crippen LogP contribution in [0, 0.1) is 0 Å². The Morgan fingerprint density at radius 2 is 1.79 bits per heavy atom. The van der Waals surface area contributed by atoms with Crippen molar-refractivity contribution in [2.45, 2.75) is 33.5 Å². The maximum absolute atomic E-state index is 13.6. The molecule has 28 heavy (non-hydrogen) atoms. The minimum Gasteiger partial charge on any atom is -0.383 e. The van der Waals surface area contributed by atoms with E-state index in [1.165, 1.54) is 17.8 Å². The summed E-state index contributed by atoms with van der Waals surface area (Å²) in [5.74, 6) is 0.0800. The number of amides is 1. The van der Waals surface area contributed by atoms with Gasteiger partial charge in [0, 0.05) is 15.9 Å². The molecule has 8 heteroatoms. The normalized spacial score (nSPS) is 13.5. The summed E-state index contributed by atoms with van der Waals surface area (Å²) in [4.78, 5) is 35.9. The lowest BCUT2D eigenvalue weighted by Gasteiger charge is -2.33. The van der Waals surface area contributed by atoms with Crippen molar-refractivity contribution in [3.63, 3.8) is 0 Å². The topological polar surface area (TPSA) is 92.1 Å². The van der Waals surface area contributed by atoms with E-state index in [0.29, 0.717) is 11.6 Å². The van der Waals surface area contributed by atoms with Gasteiger partial charge in [-0.3, -0.25) is 14.5 Å². The molecule has 0 bridgehead atoms. The minimum atomic E-state index is -0.422. The molecule has 3 aromatic rings.